The van der Waals surface area contributed by atoms with Gasteiger partial charge >= 0.3 is 0 Å². The van der Waals surface area contributed by atoms with Crippen LogP contribution in [0.5, 0.6) is 5.75 Å². The summed E-state index contributed by atoms with van der Waals surface area (Å²) in [4.78, 5) is 19.0. The summed E-state index contributed by atoms with van der Waals surface area (Å²) in [7, 11) is 1.63. The maximum atomic E-state index is 12.8. The molecule has 128 valence electrons. The van der Waals surface area contributed by atoms with E-state index < -0.39 is 0 Å². The van der Waals surface area contributed by atoms with Gasteiger partial charge in [-0.15, -0.1) is 12.4 Å². The summed E-state index contributed by atoms with van der Waals surface area (Å²) in [5, 5.41) is 3.35. The molecule has 1 aromatic carbocycles. The molecule has 2 heterocycles. The van der Waals surface area contributed by atoms with Gasteiger partial charge in [0.1, 0.15) is 5.75 Å². The number of halogens is 1. The molecular formula is C18H22ClN3O2. The van der Waals surface area contributed by atoms with Crippen molar-refractivity contribution in [3.8, 4) is 17.0 Å². The molecule has 0 spiro atoms. The molecule has 1 saturated heterocycles. The Kier molecular flexibility index (Phi) is 6.17. The maximum Gasteiger partial charge on any atom is 0.253 e. The second kappa shape index (κ2) is 8.13. The standard InChI is InChI=1S/C18H21N3O2.ClH/c1-13-12-21(10-9-19-13)18(22)14-6-7-17(23-2)15(11-14)16-5-3-4-8-20-16;/h3-8,11,13,19H,9-10,12H2,1-2H3;1H/t13-;/m1./s1. The van der Waals surface area contributed by atoms with Crippen molar-refractivity contribution in [1.29, 1.82) is 0 Å². The van der Waals surface area contributed by atoms with E-state index in [0.29, 0.717) is 17.4 Å². The number of nitrogens with one attached hydrogen (secondary N) is 1. The number of amides is 1. The number of aromatic nitrogens is 1. The highest BCUT2D eigenvalue weighted by atomic mass is 35.5. The van der Waals surface area contributed by atoms with E-state index in [0.717, 1.165) is 30.9 Å². The lowest BCUT2D eigenvalue weighted by Gasteiger charge is -2.32. The van der Waals surface area contributed by atoms with Gasteiger partial charge in [-0.3, -0.25) is 9.78 Å². The van der Waals surface area contributed by atoms with Gasteiger partial charge in [-0.1, -0.05) is 6.07 Å². The second-order valence-corrected chi connectivity index (χ2v) is 5.74. The Morgan fingerprint density at radius 3 is 2.83 bits per heavy atom. The average molecular weight is 348 g/mol. The number of hydrogen-bond donors (Lipinski definition) is 1. The molecule has 0 bridgehead atoms. The van der Waals surface area contributed by atoms with Crippen molar-refractivity contribution in [1.82, 2.24) is 15.2 Å². The number of carbonyl (C=O) groups is 1. The van der Waals surface area contributed by atoms with Gasteiger partial charge in [0.15, 0.2) is 0 Å². The minimum Gasteiger partial charge on any atom is -0.496 e. The SMILES string of the molecule is COc1ccc(C(=O)N2CCN[C@H](C)C2)cc1-c1ccccn1.Cl. The van der Waals surface area contributed by atoms with Gasteiger partial charge in [0.05, 0.1) is 12.8 Å². The van der Waals surface area contributed by atoms with Crippen LogP contribution in [0.4, 0.5) is 0 Å². The van der Waals surface area contributed by atoms with Gasteiger partial charge in [-0.25, -0.2) is 0 Å². The lowest BCUT2D eigenvalue weighted by atomic mass is 10.0. The molecular weight excluding hydrogens is 326 g/mol. The van der Waals surface area contributed by atoms with Crippen LogP contribution in [0.1, 0.15) is 17.3 Å². The highest BCUT2D eigenvalue weighted by Crippen LogP contribution is 2.29. The van der Waals surface area contributed by atoms with Gasteiger partial charge in [0.2, 0.25) is 0 Å². The molecule has 1 aliphatic rings. The number of carbonyl (C=O) groups excluding carboxylic acids is 1. The van der Waals surface area contributed by atoms with E-state index in [4.69, 9.17) is 4.74 Å². The minimum absolute atomic E-state index is 0. The molecule has 0 saturated carbocycles. The van der Waals surface area contributed by atoms with Crippen LogP contribution in [-0.4, -0.2) is 48.6 Å². The predicted octanol–water partition coefficient (Wildman–Crippen LogP) is 2.61. The van der Waals surface area contributed by atoms with E-state index in [2.05, 4.69) is 17.2 Å². The first-order valence-corrected chi connectivity index (χ1v) is 7.81. The molecule has 1 aromatic heterocycles. The van der Waals surface area contributed by atoms with Gasteiger partial charge < -0.3 is 15.0 Å². The van der Waals surface area contributed by atoms with Crippen LogP contribution in [0, 0.1) is 0 Å². The van der Waals surface area contributed by atoms with Crippen LogP contribution in [-0.2, 0) is 0 Å². The maximum absolute atomic E-state index is 12.8. The molecule has 3 rings (SSSR count). The topological polar surface area (TPSA) is 54.5 Å². The van der Waals surface area contributed by atoms with Crippen LogP contribution in [0.15, 0.2) is 42.6 Å². The fourth-order valence-electron chi connectivity index (χ4n) is 2.86. The van der Waals surface area contributed by atoms with Gasteiger partial charge in [0, 0.05) is 43.0 Å². The molecule has 0 radical (unpaired) electrons. The van der Waals surface area contributed by atoms with E-state index in [1.165, 1.54) is 0 Å². The van der Waals surface area contributed by atoms with Crippen molar-refractivity contribution in [3.63, 3.8) is 0 Å². The summed E-state index contributed by atoms with van der Waals surface area (Å²) >= 11 is 0. The van der Waals surface area contributed by atoms with Crippen molar-refractivity contribution >= 4 is 18.3 Å². The molecule has 1 N–H and O–H groups in total. The van der Waals surface area contributed by atoms with E-state index in [1.807, 2.05) is 41.3 Å². The molecule has 1 amide bonds. The van der Waals surface area contributed by atoms with E-state index >= 15 is 0 Å². The molecule has 2 aromatic rings. The second-order valence-electron chi connectivity index (χ2n) is 5.74. The van der Waals surface area contributed by atoms with Crippen LogP contribution < -0.4 is 10.1 Å². The van der Waals surface area contributed by atoms with Crippen molar-refractivity contribution in [2.45, 2.75) is 13.0 Å². The van der Waals surface area contributed by atoms with Crippen molar-refractivity contribution in [2.75, 3.05) is 26.7 Å². The summed E-state index contributed by atoms with van der Waals surface area (Å²) in [5.41, 5.74) is 2.30. The van der Waals surface area contributed by atoms with Crippen LogP contribution in [0.25, 0.3) is 11.3 Å². The summed E-state index contributed by atoms with van der Waals surface area (Å²) in [6.07, 6.45) is 1.74. The molecule has 0 unspecified atom stereocenters. The van der Waals surface area contributed by atoms with E-state index in [9.17, 15) is 4.79 Å². The highest BCUT2D eigenvalue weighted by molar-refractivity contribution is 5.96. The number of pyridine rings is 1. The normalized spacial score (nSPS) is 17.1. The Bertz CT molecular complexity index is 694. The van der Waals surface area contributed by atoms with Crippen molar-refractivity contribution < 1.29 is 9.53 Å². The smallest absolute Gasteiger partial charge is 0.253 e. The molecule has 24 heavy (non-hydrogen) atoms. The Morgan fingerprint density at radius 2 is 2.17 bits per heavy atom. The lowest BCUT2D eigenvalue weighted by molar-refractivity contribution is 0.0709. The number of piperazine rings is 1. The Labute approximate surface area is 148 Å². The first kappa shape index (κ1) is 18.2. The first-order valence-electron chi connectivity index (χ1n) is 7.81. The largest absolute Gasteiger partial charge is 0.496 e. The monoisotopic (exact) mass is 347 g/mol. The highest BCUT2D eigenvalue weighted by Gasteiger charge is 2.22. The summed E-state index contributed by atoms with van der Waals surface area (Å²) in [5.74, 6) is 0.770. The third-order valence-corrected chi connectivity index (χ3v) is 4.04. The average Bonchev–Trinajstić information content (AvgIpc) is 2.61. The number of methoxy groups -OCH3 is 1. The zero-order valence-corrected chi connectivity index (χ0v) is 14.7. The molecule has 5 nitrogen and oxygen atoms in total. The molecule has 1 atom stereocenters. The van der Waals surface area contributed by atoms with Crippen LogP contribution in [0.3, 0.4) is 0 Å². The Morgan fingerprint density at radius 1 is 1.33 bits per heavy atom. The predicted molar refractivity (Wildman–Crippen MR) is 96.8 cm³/mol. The summed E-state index contributed by atoms with van der Waals surface area (Å²) in [6.45, 7) is 4.38. The number of nitrogens with zero attached hydrogens (tertiary/aromatic N) is 2. The number of hydrogen-bond acceptors (Lipinski definition) is 4. The van der Waals surface area contributed by atoms with Gasteiger partial charge in [-0.05, 0) is 37.3 Å². The van der Waals surface area contributed by atoms with Crippen molar-refractivity contribution in [2.24, 2.45) is 0 Å². The van der Waals surface area contributed by atoms with E-state index in [-0.39, 0.29) is 18.3 Å². The van der Waals surface area contributed by atoms with Crippen molar-refractivity contribution in [3.05, 3.63) is 48.2 Å². The summed E-state index contributed by atoms with van der Waals surface area (Å²) < 4.78 is 5.42. The number of benzene rings is 1. The fraction of sp³-hybridized carbons (Fsp3) is 0.333. The number of rotatable bonds is 3. The van der Waals surface area contributed by atoms with Crippen LogP contribution in [0.2, 0.25) is 0 Å². The summed E-state index contributed by atoms with van der Waals surface area (Å²) in [6, 6.07) is 11.6. The molecule has 1 aliphatic heterocycles. The van der Waals surface area contributed by atoms with E-state index in [1.54, 1.807) is 13.3 Å². The first-order chi connectivity index (χ1) is 11.2. The zero-order valence-electron chi connectivity index (χ0n) is 13.9. The molecule has 0 aliphatic carbocycles. The van der Waals surface area contributed by atoms with Crippen LogP contribution >= 0.6 is 12.4 Å². The zero-order chi connectivity index (χ0) is 16.2. The number of ether oxygens (including phenoxy) is 1. The lowest BCUT2D eigenvalue weighted by Crippen LogP contribution is -2.51. The Hall–Kier alpha value is -2.11. The third-order valence-electron chi connectivity index (χ3n) is 4.04. The molecule has 6 heteroatoms. The third kappa shape index (κ3) is 3.86. The van der Waals surface area contributed by atoms with Gasteiger partial charge in [-0.2, -0.15) is 0 Å². The Balaban J connectivity index is 0.00000208. The minimum atomic E-state index is 0. The quantitative estimate of drug-likeness (QED) is 0.927. The van der Waals surface area contributed by atoms with Gasteiger partial charge in [0.25, 0.3) is 5.91 Å². The molecule has 1 fully saturated rings. The fourth-order valence-corrected chi connectivity index (χ4v) is 2.86.